The highest BCUT2D eigenvalue weighted by Gasteiger charge is 2.06. The fourth-order valence-electron chi connectivity index (χ4n) is 2.15. The van der Waals surface area contributed by atoms with E-state index in [0.717, 1.165) is 16.5 Å². The number of carbonyl (C=O) groups is 1. The topological polar surface area (TPSA) is 65.1 Å². The Bertz CT molecular complexity index is 762. The highest BCUT2D eigenvalue weighted by molar-refractivity contribution is 5.98. The van der Waals surface area contributed by atoms with Crippen molar-refractivity contribution in [1.82, 2.24) is 10.3 Å². The number of aromatic nitrogens is 1. The number of amides is 1. The number of hydrogen-bond acceptors (Lipinski definition) is 2. The molecule has 20 heavy (non-hydrogen) atoms. The summed E-state index contributed by atoms with van der Waals surface area (Å²) in [6.45, 7) is 0.387. The highest BCUT2D eigenvalue weighted by Crippen LogP contribution is 2.15. The summed E-state index contributed by atoms with van der Waals surface area (Å²) in [5.74, 6) is 0.0712. The van der Waals surface area contributed by atoms with Gasteiger partial charge < -0.3 is 15.4 Å². The van der Waals surface area contributed by atoms with Crippen molar-refractivity contribution >= 4 is 16.8 Å². The number of phenolic OH excluding ortho intramolecular Hbond substituents is 1. The Morgan fingerprint density at radius 2 is 2.05 bits per heavy atom. The van der Waals surface area contributed by atoms with Crippen LogP contribution in [0.1, 0.15) is 15.9 Å². The molecule has 0 atom stereocenters. The minimum absolute atomic E-state index is 0.128. The maximum atomic E-state index is 12.1. The second kappa shape index (κ2) is 5.09. The molecule has 4 heteroatoms. The van der Waals surface area contributed by atoms with E-state index in [1.165, 1.54) is 0 Å². The van der Waals surface area contributed by atoms with E-state index in [1.54, 1.807) is 24.3 Å². The van der Waals surface area contributed by atoms with Crippen LogP contribution in [0.3, 0.4) is 0 Å². The molecule has 3 rings (SSSR count). The van der Waals surface area contributed by atoms with Crippen LogP contribution < -0.4 is 5.32 Å². The SMILES string of the molecule is O=C(NCc1cccc(O)c1)c1ccc2[nH]ccc2c1. The van der Waals surface area contributed by atoms with Crippen molar-refractivity contribution in [2.75, 3.05) is 0 Å². The summed E-state index contributed by atoms with van der Waals surface area (Å²) in [5, 5.41) is 13.2. The number of phenols is 1. The fraction of sp³-hybridized carbons (Fsp3) is 0.0625. The van der Waals surface area contributed by atoms with E-state index in [0.29, 0.717) is 12.1 Å². The first kappa shape index (κ1) is 12.3. The number of rotatable bonds is 3. The van der Waals surface area contributed by atoms with Crippen LogP contribution in [0, 0.1) is 0 Å². The van der Waals surface area contributed by atoms with Crippen molar-refractivity contribution in [3.63, 3.8) is 0 Å². The van der Waals surface area contributed by atoms with Crippen molar-refractivity contribution in [3.8, 4) is 5.75 Å². The molecule has 4 nitrogen and oxygen atoms in total. The van der Waals surface area contributed by atoms with E-state index < -0.39 is 0 Å². The molecule has 0 unspecified atom stereocenters. The lowest BCUT2D eigenvalue weighted by atomic mass is 10.1. The maximum absolute atomic E-state index is 12.1. The van der Waals surface area contributed by atoms with Gasteiger partial charge in [-0.3, -0.25) is 4.79 Å². The zero-order valence-electron chi connectivity index (χ0n) is 10.8. The van der Waals surface area contributed by atoms with Gasteiger partial charge in [-0.15, -0.1) is 0 Å². The first-order valence-electron chi connectivity index (χ1n) is 6.35. The fourth-order valence-corrected chi connectivity index (χ4v) is 2.15. The standard InChI is InChI=1S/C16H14N2O2/c19-14-3-1-2-11(8-14)10-18-16(20)13-4-5-15-12(9-13)6-7-17-15/h1-9,17,19H,10H2,(H,18,20). The Morgan fingerprint density at radius 3 is 2.90 bits per heavy atom. The number of aromatic hydroxyl groups is 1. The molecule has 0 aliphatic heterocycles. The molecule has 2 aromatic carbocycles. The van der Waals surface area contributed by atoms with E-state index in [-0.39, 0.29) is 11.7 Å². The molecular weight excluding hydrogens is 252 g/mol. The Labute approximate surface area is 116 Å². The second-order valence-corrected chi connectivity index (χ2v) is 4.63. The molecule has 100 valence electrons. The van der Waals surface area contributed by atoms with Crippen molar-refractivity contribution < 1.29 is 9.90 Å². The average molecular weight is 266 g/mol. The predicted molar refractivity (Wildman–Crippen MR) is 77.6 cm³/mol. The lowest BCUT2D eigenvalue weighted by Gasteiger charge is -2.06. The summed E-state index contributed by atoms with van der Waals surface area (Å²) >= 11 is 0. The minimum atomic E-state index is -0.128. The number of benzene rings is 2. The van der Waals surface area contributed by atoms with Crippen LogP contribution in [0.4, 0.5) is 0 Å². The monoisotopic (exact) mass is 266 g/mol. The molecular formula is C16H14N2O2. The van der Waals surface area contributed by atoms with E-state index in [9.17, 15) is 9.90 Å². The molecule has 0 saturated heterocycles. The Kier molecular flexibility index (Phi) is 3.13. The van der Waals surface area contributed by atoms with Crippen LogP contribution in [-0.4, -0.2) is 16.0 Å². The Morgan fingerprint density at radius 1 is 1.15 bits per heavy atom. The molecule has 0 saturated carbocycles. The summed E-state index contributed by atoms with van der Waals surface area (Å²) in [4.78, 5) is 15.2. The molecule has 3 aromatic rings. The molecule has 1 amide bonds. The average Bonchev–Trinajstić information content (AvgIpc) is 2.92. The molecule has 0 radical (unpaired) electrons. The summed E-state index contributed by atoms with van der Waals surface area (Å²) in [7, 11) is 0. The Balaban J connectivity index is 1.72. The van der Waals surface area contributed by atoms with Gasteiger partial charge in [-0.25, -0.2) is 0 Å². The Hall–Kier alpha value is -2.75. The van der Waals surface area contributed by atoms with Crippen LogP contribution in [0.15, 0.2) is 54.7 Å². The summed E-state index contributed by atoms with van der Waals surface area (Å²) in [5.41, 5.74) is 2.49. The van der Waals surface area contributed by atoms with Gasteiger partial charge in [0.25, 0.3) is 5.91 Å². The van der Waals surface area contributed by atoms with Gasteiger partial charge in [-0.1, -0.05) is 12.1 Å². The van der Waals surface area contributed by atoms with E-state index in [4.69, 9.17) is 0 Å². The van der Waals surface area contributed by atoms with E-state index in [2.05, 4.69) is 10.3 Å². The number of aromatic amines is 1. The molecule has 1 aromatic heterocycles. The smallest absolute Gasteiger partial charge is 0.251 e. The lowest BCUT2D eigenvalue weighted by molar-refractivity contribution is 0.0951. The third-order valence-corrected chi connectivity index (χ3v) is 3.18. The second-order valence-electron chi connectivity index (χ2n) is 4.63. The molecule has 1 heterocycles. The van der Waals surface area contributed by atoms with Gasteiger partial charge in [-0.2, -0.15) is 0 Å². The van der Waals surface area contributed by atoms with Crippen LogP contribution in [0.5, 0.6) is 5.75 Å². The van der Waals surface area contributed by atoms with Crippen LogP contribution in [-0.2, 0) is 6.54 Å². The third-order valence-electron chi connectivity index (χ3n) is 3.18. The number of nitrogens with one attached hydrogen (secondary N) is 2. The summed E-state index contributed by atoms with van der Waals surface area (Å²) < 4.78 is 0. The largest absolute Gasteiger partial charge is 0.508 e. The van der Waals surface area contributed by atoms with Gasteiger partial charge >= 0.3 is 0 Å². The van der Waals surface area contributed by atoms with Gasteiger partial charge in [0.05, 0.1) is 0 Å². The quantitative estimate of drug-likeness (QED) is 0.682. The van der Waals surface area contributed by atoms with E-state index >= 15 is 0 Å². The maximum Gasteiger partial charge on any atom is 0.251 e. The molecule has 0 bridgehead atoms. The summed E-state index contributed by atoms with van der Waals surface area (Å²) in [6, 6.07) is 14.3. The van der Waals surface area contributed by atoms with Crippen LogP contribution in [0.2, 0.25) is 0 Å². The van der Waals surface area contributed by atoms with Crippen molar-refractivity contribution in [1.29, 1.82) is 0 Å². The van der Waals surface area contributed by atoms with Gasteiger partial charge in [0, 0.05) is 29.2 Å². The number of hydrogen-bond donors (Lipinski definition) is 3. The third kappa shape index (κ3) is 2.49. The molecule has 3 N–H and O–H groups in total. The van der Waals surface area contributed by atoms with Crippen molar-refractivity contribution in [2.45, 2.75) is 6.54 Å². The molecule has 0 aliphatic rings. The highest BCUT2D eigenvalue weighted by atomic mass is 16.3. The van der Waals surface area contributed by atoms with Crippen molar-refractivity contribution in [2.24, 2.45) is 0 Å². The van der Waals surface area contributed by atoms with Crippen LogP contribution >= 0.6 is 0 Å². The molecule has 0 fully saturated rings. The zero-order valence-corrected chi connectivity index (χ0v) is 10.8. The zero-order chi connectivity index (χ0) is 13.9. The first-order valence-corrected chi connectivity index (χ1v) is 6.35. The molecule has 0 spiro atoms. The number of carbonyl (C=O) groups excluding carboxylic acids is 1. The number of fused-ring (bicyclic) bond motifs is 1. The minimum Gasteiger partial charge on any atom is -0.508 e. The molecule has 0 aliphatic carbocycles. The van der Waals surface area contributed by atoms with Crippen LogP contribution in [0.25, 0.3) is 10.9 Å². The van der Waals surface area contributed by atoms with Gasteiger partial charge in [0.2, 0.25) is 0 Å². The van der Waals surface area contributed by atoms with Gasteiger partial charge in [0.15, 0.2) is 0 Å². The summed E-state index contributed by atoms with van der Waals surface area (Å²) in [6.07, 6.45) is 1.85. The lowest BCUT2D eigenvalue weighted by Crippen LogP contribution is -2.22. The predicted octanol–water partition coefficient (Wildman–Crippen LogP) is 2.80. The van der Waals surface area contributed by atoms with Crippen molar-refractivity contribution in [3.05, 3.63) is 65.9 Å². The first-order chi connectivity index (χ1) is 9.72. The van der Waals surface area contributed by atoms with Gasteiger partial charge in [-0.05, 0) is 42.0 Å². The van der Waals surface area contributed by atoms with Gasteiger partial charge in [0.1, 0.15) is 5.75 Å². The van der Waals surface area contributed by atoms with E-state index in [1.807, 2.05) is 30.5 Å². The normalized spacial score (nSPS) is 10.6. The number of H-pyrrole nitrogens is 1.